The summed E-state index contributed by atoms with van der Waals surface area (Å²) in [6, 6.07) is 16.2. The number of carbonyl (C=O) groups excluding carboxylic acids is 1. The summed E-state index contributed by atoms with van der Waals surface area (Å²) in [5.74, 6) is 0.591. The van der Waals surface area contributed by atoms with Crippen LogP contribution in [0.15, 0.2) is 54.6 Å². The van der Waals surface area contributed by atoms with Crippen molar-refractivity contribution < 1.29 is 9.53 Å². The summed E-state index contributed by atoms with van der Waals surface area (Å²) in [7, 11) is 0. The van der Waals surface area contributed by atoms with E-state index in [1.54, 1.807) is 18.2 Å². The third-order valence-electron chi connectivity index (χ3n) is 3.90. The Balaban J connectivity index is 1.56. The Morgan fingerprint density at radius 1 is 1.21 bits per heavy atom. The highest BCUT2D eigenvalue weighted by Crippen LogP contribution is 2.19. The number of hydrogen-bond acceptors (Lipinski definition) is 4. The van der Waals surface area contributed by atoms with Gasteiger partial charge in [-0.05, 0) is 24.3 Å². The zero-order chi connectivity index (χ0) is 16.9. The number of nitrogens with one attached hydrogen (secondary N) is 3. The Hall–Kier alpha value is -2.86. The van der Waals surface area contributed by atoms with Crippen LogP contribution in [0.4, 0.5) is 5.69 Å². The lowest BCUT2D eigenvalue weighted by Crippen LogP contribution is -2.35. The van der Waals surface area contributed by atoms with E-state index in [0.29, 0.717) is 24.3 Å². The zero-order valence-corrected chi connectivity index (χ0v) is 13.2. The topological polar surface area (TPSA) is 100 Å². The third-order valence-corrected chi connectivity index (χ3v) is 3.90. The molecular formula is C18H20N4O2. The monoisotopic (exact) mass is 324 g/mol. The van der Waals surface area contributed by atoms with E-state index in [4.69, 9.17) is 15.9 Å². The molecule has 1 heterocycles. The minimum absolute atomic E-state index is 0.00473. The van der Waals surface area contributed by atoms with Crippen LogP contribution in [-0.4, -0.2) is 30.4 Å². The van der Waals surface area contributed by atoms with Crippen LogP contribution in [0.25, 0.3) is 0 Å². The van der Waals surface area contributed by atoms with E-state index in [0.717, 1.165) is 5.69 Å². The molecule has 24 heavy (non-hydrogen) atoms. The number of nitrogens with two attached hydrogens (primary N) is 1. The van der Waals surface area contributed by atoms with Gasteiger partial charge in [0.1, 0.15) is 17.7 Å². The van der Waals surface area contributed by atoms with Crippen LogP contribution in [0.2, 0.25) is 0 Å². The first-order chi connectivity index (χ1) is 11.6. The average molecular weight is 324 g/mol. The highest BCUT2D eigenvalue weighted by atomic mass is 16.5. The molecule has 0 bridgehead atoms. The van der Waals surface area contributed by atoms with Gasteiger partial charge in [0.25, 0.3) is 0 Å². The third kappa shape index (κ3) is 3.91. The van der Waals surface area contributed by atoms with E-state index < -0.39 is 0 Å². The Morgan fingerprint density at radius 3 is 2.75 bits per heavy atom. The normalized spacial score (nSPS) is 19.7. The van der Waals surface area contributed by atoms with Gasteiger partial charge >= 0.3 is 0 Å². The molecule has 6 nitrogen and oxygen atoms in total. The van der Waals surface area contributed by atoms with Gasteiger partial charge in [0, 0.05) is 24.2 Å². The molecule has 0 spiro atoms. The summed E-state index contributed by atoms with van der Waals surface area (Å²) in [6.45, 7) is 0.594. The van der Waals surface area contributed by atoms with Crippen LogP contribution >= 0.6 is 0 Å². The van der Waals surface area contributed by atoms with Gasteiger partial charge < -0.3 is 21.1 Å². The van der Waals surface area contributed by atoms with E-state index in [9.17, 15) is 4.79 Å². The summed E-state index contributed by atoms with van der Waals surface area (Å²) < 4.78 is 5.90. The highest BCUT2D eigenvalue weighted by molar-refractivity contribution is 5.95. The number of hydrogen-bond donors (Lipinski definition) is 4. The number of amides is 1. The molecule has 0 aliphatic carbocycles. The SMILES string of the molecule is N=C(N)c1cccc(O[C@H]2CN[C@H](C(=O)Nc3ccccc3)C2)c1. The number of anilines is 1. The summed E-state index contributed by atoms with van der Waals surface area (Å²) in [5, 5.41) is 13.5. The zero-order valence-electron chi connectivity index (χ0n) is 13.2. The molecule has 1 aliphatic rings. The first-order valence-corrected chi connectivity index (χ1v) is 7.82. The molecule has 1 amide bonds. The predicted molar refractivity (Wildman–Crippen MR) is 93.4 cm³/mol. The largest absolute Gasteiger partial charge is 0.489 e. The van der Waals surface area contributed by atoms with Crippen molar-refractivity contribution >= 4 is 17.4 Å². The van der Waals surface area contributed by atoms with E-state index >= 15 is 0 Å². The van der Waals surface area contributed by atoms with Crippen molar-refractivity contribution in [3.63, 3.8) is 0 Å². The van der Waals surface area contributed by atoms with Gasteiger partial charge in [-0.3, -0.25) is 10.2 Å². The lowest BCUT2D eigenvalue weighted by atomic mass is 10.1. The van der Waals surface area contributed by atoms with Crippen LogP contribution in [0.5, 0.6) is 5.75 Å². The molecule has 3 rings (SSSR count). The fourth-order valence-corrected chi connectivity index (χ4v) is 2.67. The minimum Gasteiger partial charge on any atom is -0.489 e. The molecule has 1 fully saturated rings. The van der Waals surface area contributed by atoms with Crippen molar-refractivity contribution in [2.45, 2.75) is 18.6 Å². The number of nitrogen functional groups attached to an aromatic ring is 1. The fourth-order valence-electron chi connectivity index (χ4n) is 2.67. The summed E-state index contributed by atoms with van der Waals surface area (Å²) in [5.41, 5.74) is 6.89. The second-order valence-electron chi connectivity index (χ2n) is 5.73. The lowest BCUT2D eigenvalue weighted by Gasteiger charge is -2.14. The number of ether oxygens (including phenoxy) is 1. The molecule has 6 heteroatoms. The van der Waals surface area contributed by atoms with Gasteiger partial charge in [-0.2, -0.15) is 0 Å². The standard InChI is InChI=1S/C18H20N4O2/c19-17(20)12-5-4-8-14(9-12)24-15-10-16(21-11-15)18(23)22-13-6-2-1-3-7-13/h1-9,15-16,21H,10-11H2,(H3,19,20)(H,22,23)/t15-,16+/m1/s1. The Bertz CT molecular complexity index is 733. The number of carbonyl (C=O) groups is 1. The maximum absolute atomic E-state index is 12.3. The van der Waals surface area contributed by atoms with Crippen LogP contribution in [-0.2, 0) is 4.79 Å². The van der Waals surface area contributed by atoms with Crippen LogP contribution in [0.1, 0.15) is 12.0 Å². The van der Waals surface area contributed by atoms with E-state index in [2.05, 4.69) is 10.6 Å². The summed E-state index contributed by atoms with van der Waals surface area (Å²) in [6.07, 6.45) is 0.488. The Morgan fingerprint density at radius 2 is 2.00 bits per heavy atom. The van der Waals surface area contributed by atoms with E-state index in [1.165, 1.54) is 0 Å². The molecular weight excluding hydrogens is 304 g/mol. The molecule has 2 aromatic carbocycles. The van der Waals surface area contributed by atoms with Crippen molar-refractivity contribution in [1.82, 2.24) is 5.32 Å². The molecule has 0 saturated carbocycles. The Kier molecular flexibility index (Phi) is 4.77. The van der Waals surface area contributed by atoms with Gasteiger partial charge in [0.15, 0.2) is 0 Å². The first kappa shape index (κ1) is 16.0. The Labute approximate surface area is 140 Å². The van der Waals surface area contributed by atoms with Gasteiger partial charge in [-0.25, -0.2) is 0 Å². The maximum Gasteiger partial charge on any atom is 0.241 e. The molecule has 0 radical (unpaired) electrons. The molecule has 124 valence electrons. The van der Waals surface area contributed by atoms with Gasteiger partial charge in [0.05, 0.1) is 6.04 Å². The van der Waals surface area contributed by atoms with Gasteiger partial charge in [0.2, 0.25) is 5.91 Å². The van der Waals surface area contributed by atoms with Crippen molar-refractivity contribution in [3.05, 3.63) is 60.2 Å². The molecule has 1 saturated heterocycles. The molecule has 2 aromatic rings. The minimum atomic E-state index is -0.286. The van der Waals surface area contributed by atoms with Crippen LogP contribution in [0.3, 0.4) is 0 Å². The van der Waals surface area contributed by atoms with Crippen LogP contribution < -0.4 is 21.1 Å². The smallest absolute Gasteiger partial charge is 0.241 e. The number of rotatable bonds is 5. The second kappa shape index (κ2) is 7.14. The number of amidine groups is 1. The lowest BCUT2D eigenvalue weighted by molar-refractivity contribution is -0.117. The van der Waals surface area contributed by atoms with Crippen molar-refractivity contribution in [1.29, 1.82) is 5.41 Å². The molecule has 0 aromatic heterocycles. The van der Waals surface area contributed by atoms with Crippen molar-refractivity contribution in [2.75, 3.05) is 11.9 Å². The van der Waals surface area contributed by atoms with E-state index in [-0.39, 0.29) is 23.9 Å². The fraction of sp³-hybridized carbons (Fsp3) is 0.222. The molecule has 2 atom stereocenters. The quantitative estimate of drug-likeness (QED) is 0.497. The van der Waals surface area contributed by atoms with E-state index in [1.807, 2.05) is 36.4 Å². The predicted octanol–water partition coefficient (Wildman–Crippen LogP) is 1.72. The highest BCUT2D eigenvalue weighted by Gasteiger charge is 2.30. The van der Waals surface area contributed by atoms with Crippen LogP contribution in [0, 0.1) is 5.41 Å². The first-order valence-electron chi connectivity index (χ1n) is 7.82. The number of para-hydroxylation sites is 1. The second-order valence-corrected chi connectivity index (χ2v) is 5.73. The molecule has 1 aliphatic heterocycles. The summed E-state index contributed by atoms with van der Waals surface area (Å²) in [4.78, 5) is 12.3. The van der Waals surface area contributed by atoms with Crippen molar-refractivity contribution in [2.24, 2.45) is 5.73 Å². The summed E-state index contributed by atoms with van der Waals surface area (Å²) >= 11 is 0. The molecule has 0 unspecified atom stereocenters. The van der Waals surface area contributed by atoms with Gasteiger partial charge in [-0.1, -0.05) is 30.3 Å². The number of benzene rings is 2. The maximum atomic E-state index is 12.3. The average Bonchev–Trinajstić information content (AvgIpc) is 3.04. The van der Waals surface area contributed by atoms with Gasteiger partial charge in [-0.15, -0.1) is 0 Å². The van der Waals surface area contributed by atoms with Crippen molar-refractivity contribution in [3.8, 4) is 5.75 Å². The molecule has 5 N–H and O–H groups in total.